The molecule has 0 spiro atoms. The van der Waals surface area contributed by atoms with E-state index in [9.17, 15) is 4.79 Å². The number of aryl methyl sites for hydroxylation is 1. The molecular weight excluding hydrogens is 467 g/mol. The van der Waals surface area contributed by atoms with Gasteiger partial charge in [0.2, 0.25) is 5.91 Å². The first-order valence-electron chi connectivity index (χ1n) is 9.79. The number of thiazole rings is 1. The van der Waals surface area contributed by atoms with Gasteiger partial charge < -0.3 is 0 Å². The van der Waals surface area contributed by atoms with Gasteiger partial charge in [0.25, 0.3) is 0 Å². The number of amides is 1. The number of rotatable bonds is 7. The third-order valence-corrected chi connectivity index (χ3v) is 7.26. The number of anilines is 1. The van der Waals surface area contributed by atoms with Crippen molar-refractivity contribution in [2.45, 2.75) is 24.8 Å². The Hall–Kier alpha value is -2.05. The number of fused-ring (bicyclic) bond motifs is 1. The molecule has 0 saturated heterocycles. The lowest BCUT2D eigenvalue weighted by Crippen LogP contribution is -2.30. The highest BCUT2D eigenvalue weighted by molar-refractivity contribution is 7.99. The van der Waals surface area contributed by atoms with Gasteiger partial charge >= 0.3 is 0 Å². The zero-order chi connectivity index (χ0) is 21.8. The number of nitrogens with zero attached hydrogens (tertiary/aromatic N) is 2. The molecule has 0 aliphatic heterocycles. The SMILES string of the molecule is Cc1cc(Cl)cc2sc(N(Cc3ccccc3)C(=O)CCSc3ccc(Cl)cc3)nc12. The molecule has 0 saturated carbocycles. The number of hydrogen-bond acceptors (Lipinski definition) is 4. The van der Waals surface area contributed by atoms with Crippen LogP contribution in [0.1, 0.15) is 17.5 Å². The minimum atomic E-state index is 0.0492. The molecule has 158 valence electrons. The summed E-state index contributed by atoms with van der Waals surface area (Å²) in [4.78, 5) is 20.9. The smallest absolute Gasteiger partial charge is 0.229 e. The molecule has 0 radical (unpaired) electrons. The van der Waals surface area contributed by atoms with Gasteiger partial charge in [0.15, 0.2) is 5.13 Å². The molecule has 0 N–H and O–H groups in total. The van der Waals surface area contributed by atoms with Crippen LogP contribution < -0.4 is 4.90 Å². The molecule has 1 amide bonds. The minimum Gasteiger partial charge on any atom is -0.284 e. The number of carbonyl (C=O) groups is 1. The zero-order valence-corrected chi connectivity index (χ0v) is 20.0. The third-order valence-electron chi connectivity index (χ3n) is 4.75. The average molecular weight is 487 g/mol. The molecule has 0 aliphatic carbocycles. The molecule has 0 bridgehead atoms. The van der Waals surface area contributed by atoms with Crippen LogP contribution in [-0.4, -0.2) is 16.6 Å². The van der Waals surface area contributed by atoms with Gasteiger partial charge in [0.05, 0.1) is 16.8 Å². The Labute approximate surface area is 200 Å². The predicted molar refractivity (Wildman–Crippen MR) is 134 cm³/mol. The van der Waals surface area contributed by atoms with E-state index in [0.29, 0.717) is 33.9 Å². The standard InChI is InChI=1S/C24H20Cl2N2OS2/c1-16-13-19(26)14-21-23(16)27-24(31-21)28(15-17-5-3-2-4-6-17)22(29)11-12-30-20-9-7-18(25)8-10-20/h2-10,13-14H,11-12,15H2,1H3. The molecule has 4 rings (SSSR count). The van der Waals surface area contributed by atoms with Crippen molar-refractivity contribution in [1.82, 2.24) is 4.98 Å². The fourth-order valence-corrected chi connectivity index (χ4v) is 5.61. The Balaban J connectivity index is 1.55. The maximum Gasteiger partial charge on any atom is 0.229 e. The van der Waals surface area contributed by atoms with Crippen molar-refractivity contribution in [3.05, 3.63) is 87.9 Å². The van der Waals surface area contributed by atoms with Crippen LogP contribution >= 0.6 is 46.3 Å². The molecule has 1 heterocycles. The molecule has 31 heavy (non-hydrogen) atoms. The lowest BCUT2D eigenvalue weighted by Gasteiger charge is -2.20. The first-order valence-corrected chi connectivity index (χ1v) is 12.3. The number of halogens is 2. The first-order chi connectivity index (χ1) is 15.0. The fourth-order valence-electron chi connectivity index (χ4n) is 3.21. The normalized spacial score (nSPS) is 11.1. The number of aromatic nitrogens is 1. The molecule has 0 fully saturated rings. The fraction of sp³-hybridized carbons (Fsp3) is 0.167. The van der Waals surface area contributed by atoms with Gasteiger partial charge in [-0.15, -0.1) is 11.8 Å². The van der Waals surface area contributed by atoms with Gasteiger partial charge in [-0.2, -0.15) is 0 Å². The van der Waals surface area contributed by atoms with Gasteiger partial charge in [-0.05, 0) is 54.4 Å². The molecule has 7 heteroatoms. The highest BCUT2D eigenvalue weighted by Gasteiger charge is 2.21. The number of hydrogen-bond donors (Lipinski definition) is 0. The van der Waals surface area contributed by atoms with E-state index in [4.69, 9.17) is 28.2 Å². The molecule has 0 unspecified atom stereocenters. The van der Waals surface area contributed by atoms with E-state index in [1.807, 2.05) is 73.7 Å². The second kappa shape index (κ2) is 10.0. The highest BCUT2D eigenvalue weighted by Crippen LogP contribution is 2.34. The predicted octanol–water partition coefficient (Wildman–Crippen LogP) is 7.63. The summed E-state index contributed by atoms with van der Waals surface area (Å²) in [5.41, 5.74) is 2.97. The van der Waals surface area contributed by atoms with Crippen LogP contribution in [0.4, 0.5) is 5.13 Å². The van der Waals surface area contributed by atoms with Crippen molar-refractivity contribution in [2.24, 2.45) is 0 Å². The Morgan fingerprint density at radius 1 is 1.03 bits per heavy atom. The quantitative estimate of drug-likeness (QED) is 0.251. The van der Waals surface area contributed by atoms with Crippen molar-refractivity contribution in [1.29, 1.82) is 0 Å². The summed E-state index contributed by atoms with van der Waals surface area (Å²) in [5, 5.41) is 2.09. The zero-order valence-electron chi connectivity index (χ0n) is 16.8. The average Bonchev–Trinajstić information content (AvgIpc) is 3.18. The van der Waals surface area contributed by atoms with Crippen LogP contribution in [-0.2, 0) is 11.3 Å². The molecular formula is C24H20Cl2N2OS2. The topological polar surface area (TPSA) is 33.2 Å². The third kappa shape index (κ3) is 5.60. The second-order valence-corrected chi connectivity index (χ2v) is 10.1. The van der Waals surface area contributed by atoms with Gasteiger partial charge in [0, 0.05) is 27.1 Å². The van der Waals surface area contributed by atoms with Crippen LogP contribution in [0.2, 0.25) is 10.0 Å². The van der Waals surface area contributed by atoms with E-state index in [1.165, 1.54) is 11.3 Å². The van der Waals surface area contributed by atoms with E-state index in [2.05, 4.69) is 0 Å². The lowest BCUT2D eigenvalue weighted by atomic mass is 10.2. The van der Waals surface area contributed by atoms with E-state index in [0.717, 1.165) is 26.2 Å². The maximum atomic E-state index is 13.3. The summed E-state index contributed by atoms with van der Waals surface area (Å²) in [7, 11) is 0. The van der Waals surface area contributed by atoms with Gasteiger partial charge in [-0.25, -0.2) is 4.98 Å². The van der Waals surface area contributed by atoms with Crippen molar-refractivity contribution < 1.29 is 4.79 Å². The Bertz CT molecular complexity index is 1190. The Morgan fingerprint density at radius 2 is 1.77 bits per heavy atom. The number of thioether (sulfide) groups is 1. The molecule has 4 aromatic rings. The van der Waals surface area contributed by atoms with Crippen LogP contribution in [0.25, 0.3) is 10.2 Å². The van der Waals surface area contributed by atoms with E-state index < -0.39 is 0 Å². The van der Waals surface area contributed by atoms with Gasteiger partial charge in [0.1, 0.15) is 0 Å². The van der Waals surface area contributed by atoms with Gasteiger partial charge in [-0.3, -0.25) is 9.69 Å². The van der Waals surface area contributed by atoms with Crippen molar-refractivity contribution in [3.8, 4) is 0 Å². The minimum absolute atomic E-state index is 0.0492. The molecule has 3 aromatic carbocycles. The van der Waals surface area contributed by atoms with Crippen LogP contribution in [0.3, 0.4) is 0 Å². The van der Waals surface area contributed by atoms with E-state index in [-0.39, 0.29) is 5.91 Å². The monoisotopic (exact) mass is 486 g/mol. The largest absolute Gasteiger partial charge is 0.284 e. The second-order valence-electron chi connectivity index (χ2n) is 7.08. The van der Waals surface area contributed by atoms with E-state index >= 15 is 0 Å². The molecule has 0 atom stereocenters. The van der Waals surface area contributed by atoms with Gasteiger partial charge in [-0.1, -0.05) is 64.9 Å². The van der Waals surface area contributed by atoms with E-state index in [1.54, 1.807) is 16.7 Å². The lowest BCUT2D eigenvalue weighted by molar-refractivity contribution is -0.118. The van der Waals surface area contributed by atoms with Crippen molar-refractivity contribution in [3.63, 3.8) is 0 Å². The number of carbonyl (C=O) groups excluding carboxylic acids is 1. The summed E-state index contributed by atoms with van der Waals surface area (Å²) in [6, 6.07) is 21.5. The Kier molecular flexibility index (Phi) is 7.18. The Morgan fingerprint density at radius 3 is 2.52 bits per heavy atom. The summed E-state index contributed by atoms with van der Waals surface area (Å²) < 4.78 is 0.987. The van der Waals surface area contributed by atoms with Crippen LogP contribution in [0.15, 0.2) is 71.6 Å². The molecule has 3 nitrogen and oxygen atoms in total. The summed E-state index contributed by atoms with van der Waals surface area (Å²) in [5.74, 6) is 0.731. The highest BCUT2D eigenvalue weighted by atomic mass is 35.5. The summed E-state index contributed by atoms with van der Waals surface area (Å²) in [6.45, 7) is 2.47. The molecule has 0 aliphatic rings. The first kappa shape index (κ1) is 22.2. The maximum absolute atomic E-state index is 13.3. The summed E-state index contributed by atoms with van der Waals surface area (Å²) in [6.07, 6.45) is 0.412. The van der Waals surface area contributed by atoms with Crippen molar-refractivity contribution in [2.75, 3.05) is 10.7 Å². The van der Waals surface area contributed by atoms with Crippen molar-refractivity contribution >= 4 is 67.6 Å². The van der Waals surface area contributed by atoms with Crippen LogP contribution in [0, 0.1) is 6.92 Å². The number of benzene rings is 3. The molecule has 1 aromatic heterocycles. The summed E-state index contributed by atoms with van der Waals surface area (Å²) >= 11 is 15.3. The van der Waals surface area contributed by atoms with Crippen LogP contribution in [0.5, 0.6) is 0 Å².